The predicted octanol–water partition coefficient (Wildman–Crippen LogP) is 3.83. The van der Waals surface area contributed by atoms with Crippen molar-refractivity contribution in [2.24, 2.45) is 5.92 Å². The highest BCUT2D eigenvalue weighted by Gasteiger charge is 2.21. The number of aliphatic hydroxyl groups excluding tert-OH is 1. The Labute approximate surface area is 114 Å². The van der Waals surface area contributed by atoms with Crippen molar-refractivity contribution in [3.05, 3.63) is 22.7 Å². The average molecular weight is 273 g/mol. The molecule has 0 heterocycles. The predicted molar refractivity (Wildman–Crippen MR) is 73.6 cm³/mol. The minimum Gasteiger partial charge on any atom is -0.493 e. The first kappa shape index (κ1) is 15.1. The van der Waals surface area contributed by atoms with E-state index in [2.05, 4.69) is 6.92 Å². The molecule has 0 bridgehead atoms. The van der Waals surface area contributed by atoms with Crippen molar-refractivity contribution in [2.75, 3.05) is 14.2 Å². The molecule has 0 saturated heterocycles. The van der Waals surface area contributed by atoms with Crippen molar-refractivity contribution in [1.82, 2.24) is 0 Å². The quantitative estimate of drug-likeness (QED) is 0.855. The zero-order valence-corrected chi connectivity index (χ0v) is 12.1. The molecule has 1 aromatic rings. The minimum absolute atomic E-state index is 0.158. The van der Waals surface area contributed by atoms with E-state index in [1.54, 1.807) is 26.4 Å². The van der Waals surface area contributed by atoms with E-state index in [4.69, 9.17) is 21.1 Å². The first-order chi connectivity index (χ1) is 8.54. The number of hydrogen-bond donors (Lipinski definition) is 1. The normalized spacial score (nSPS) is 14.1. The van der Waals surface area contributed by atoms with Gasteiger partial charge in [-0.15, -0.1) is 0 Å². The average Bonchev–Trinajstić information content (AvgIpc) is 2.37. The Morgan fingerprint density at radius 1 is 1.22 bits per heavy atom. The summed E-state index contributed by atoms with van der Waals surface area (Å²) in [7, 11) is 3.13. The SMILES string of the molecule is CCCC(C)C(O)c1cc(OC)c(OC)cc1Cl. The molecule has 0 amide bonds. The lowest BCUT2D eigenvalue weighted by atomic mass is 9.93. The standard InChI is InChI=1S/C14H21ClO3/c1-5-6-9(2)14(16)10-7-12(17-3)13(18-4)8-11(10)15/h7-9,14,16H,5-6H2,1-4H3. The van der Waals surface area contributed by atoms with Crippen molar-refractivity contribution in [2.45, 2.75) is 32.8 Å². The minimum atomic E-state index is -0.586. The third-order valence-corrected chi connectivity index (χ3v) is 3.43. The van der Waals surface area contributed by atoms with Crippen molar-refractivity contribution in [3.63, 3.8) is 0 Å². The summed E-state index contributed by atoms with van der Waals surface area (Å²) in [5.41, 5.74) is 0.690. The van der Waals surface area contributed by atoms with Crippen molar-refractivity contribution in [1.29, 1.82) is 0 Å². The first-order valence-electron chi connectivity index (χ1n) is 6.14. The maximum atomic E-state index is 10.3. The summed E-state index contributed by atoms with van der Waals surface area (Å²) in [6, 6.07) is 3.43. The first-order valence-corrected chi connectivity index (χ1v) is 6.52. The Bertz CT molecular complexity index is 393. The van der Waals surface area contributed by atoms with Crippen LogP contribution in [0, 0.1) is 5.92 Å². The van der Waals surface area contributed by atoms with Gasteiger partial charge in [-0.25, -0.2) is 0 Å². The second kappa shape index (κ2) is 6.86. The molecule has 0 fully saturated rings. The van der Waals surface area contributed by atoms with Crippen LogP contribution in [0.25, 0.3) is 0 Å². The van der Waals surface area contributed by atoms with Crippen LogP contribution < -0.4 is 9.47 Å². The van der Waals surface area contributed by atoms with Crippen LogP contribution >= 0.6 is 11.6 Å². The van der Waals surface area contributed by atoms with E-state index in [0.29, 0.717) is 22.1 Å². The van der Waals surface area contributed by atoms with Gasteiger partial charge >= 0.3 is 0 Å². The summed E-state index contributed by atoms with van der Waals surface area (Å²) in [5.74, 6) is 1.31. The molecule has 1 N–H and O–H groups in total. The van der Waals surface area contributed by atoms with Gasteiger partial charge in [-0.2, -0.15) is 0 Å². The zero-order valence-electron chi connectivity index (χ0n) is 11.4. The third kappa shape index (κ3) is 3.30. The van der Waals surface area contributed by atoms with Gasteiger partial charge in [-0.1, -0.05) is 31.9 Å². The van der Waals surface area contributed by atoms with Gasteiger partial charge in [-0.3, -0.25) is 0 Å². The Morgan fingerprint density at radius 3 is 2.28 bits per heavy atom. The van der Waals surface area contributed by atoms with Gasteiger partial charge in [0.2, 0.25) is 0 Å². The highest BCUT2D eigenvalue weighted by atomic mass is 35.5. The molecule has 4 heteroatoms. The summed E-state index contributed by atoms with van der Waals surface area (Å²) in [6.45, 7) is 4.11. The number of halogens is 1. The lowest BCUT2D eigenvalue weighted by Crippen LogP contribution is -2.10. The molecule has 0 saturated carbocycles. The van der Waals surface area contributed by atoms with Crippen LogP contribution in [0.3, 0.4) is 0 Å². The molecule has 0 spiro atoms. The number of hydrogen-bond acceptors (Lipinski definition) is 3. The monoisotopic (exact) mass is 272 g/mol. The smallest absolute Gasteiger partial charge is 0.162 e. The van der Waals surface area contributed by atoms with Gasteiger partial charge in [0.15, 0.2) is 11.5 Å². The lowest BCUT2D eigenvalue weighted by molar-refractivity contribution is 0.112. The van der Waals surface area contributed by atoms with Gasteiger partial charge in [-0.05, 0) is 18.4 Å². The molecular weight excluding hydrogens is 252 g/mol. The molecular formula is C14H21ClO3. The fourth-order valence-corrected chi connectivity index (χ4v) is 2.28. The van der Waals surface area contributed by atoms with Crippen LogP contribution in [-0.2, 0) is 0 Å². The van der Waals surface area contributed by atoms with E-state index in [-0.39, 0.29) is 5.92 Å². The number of benzene rings is 1. The summed E-state index contributed by atoms with van der Waals surface area (Å²) in [4.78, 5) is 0. The largest absolute Gasteiger partial charge is 0.493 e. The Morgan fingerprint density at radius 2 is 1.78 bits per heavy atom. The zero-order chi connectivity index (χ0) is 13.7. The number of methoxy groups -OCH3 is 2. The third-order valence-electron chi connectivity index (χ3n) is 3.10. The summed E-state index contributed by atoms with van der Waals surface area (Å²) >= 11 is 6.18. The van der Waals surface area contributed by atoms with E-state index >= 15 is 0 Å². The molecule has 102 valence electrons. The highest BCUT2D eigenvalue weighted by molar-refractivity contribution is 6.31. The van der Waals surface area contributed by atoms with Crippen LogP contribution in [0.1, 0.15) is 38.4 Å². The number of aliphatic hydroxyl groups is 1. The molecule has 2 atom stereocenters. The number of rotatable bonds is 6. The van der Waals surface area contributed by atoms with Crippen molar-refractivity contribution < 1.29 is 14.6 Å². The molecule has 0 radical (unpaired) electrons. The molecule has 3 nitrogen and oxygen atoms in total. The fraction of sp³-hybridized carbons (Fsp3) is 0.571. The van der Waals surface area contributed by atoms with Crippen LogP contribution in [-0.4, -0.2) is 19.3 Å². The van der Waals surface area contributed by atoms with E-state index in [9.17, 15) is 5.11 Å². The topological polar surface area (TPSA) is 38.7 Å². The van der Waals surface area contributed by atoms with E-state index in [0.717, 1.165) is 12.8 Å². The molecule has 0 aliphatic rings. The van der Waals surface area contributed by atoms with Gasteiger partial charge in [0.1, 0.15) is 0 Å². The lowest BCUT2D eigenvalue weighted by Gasteiger charge is -2.21. The molecule has 1 rings (SSSR count). The van der Waals surface area contributed by atoms with E-state index < -0.39 is 6.10 Å². The molecule has 2 unspecified atom stereocenters. The Balaban J connectivity index is 3.08. The van der Waals surface area contributed by atoms with Gasteiger partial charge < -0.3 is 14.6 Å². The van der Waals surface area contributed by atoms with Crippen LogP contribution in [0.2, 0.25) is 5.02 Å². The van der Waals surface area contributed by atoms with E-state index in [1.165, 1.54) is 0 Å². The maximum Gasteiger partial charge on any atom is 0.162 e. The Hall–Kier alpha value is -0.930. The molecule has 0 aliphatic carbocycles. The van der Waals surface area contributed by atoms with Crippen LogP contribution in [0.15, 0.2) is 12.1 Å². The van der Waals surface area contributed by atoms with Crippen LogP contribution in [0.5, 0.6) is 11.5 Å². The summed E-state index contributed by atoms with van der Waals surface area (Å²) in [6.07, 6.45) is 1.40. The highest BCUT2D eigenvalue weighted by Crippen LogP contribution is 2.38. The second-order valence-corrected chi connectivity index (χ2v) is 4.85. The van der Waals surface area contributed by atoms with E-state index in [1.807, 2.05) is 6.92 Å². The van der Waals surface area contributed by atoms with Gasteiger partial charge in [0, 0.05) is 11.6 Å². The molecule has 0 aliphatic heterocycles. The summed E-state index contributed by atoms with van der Waals surface area (Å²) in [5, 5.41) is 10.8. The van der Waals surface area contributed by atoms with Crippen molar-refractivity contribution >= 4 is 11.6 Å². The maximum absolute atomic E-state index is 10.3. The summed E-state index contributed by atoms with van der Waals surface area (Å²) < 4.78 is 10.4. The van der Waals surface area contributed by atoms with Gasteiger partial charge in [0.05, 0.1) is 25.3 Å². The molecule has 18 heavy (non-hydrogen) atoms. The van der Waals surface area contributed by atoms with Gasteiger partial charge in [0.25, 0.3) is 0 Å². The molecule has 1 aromatic carbocycles. The fourth-order valence-electron chi connectivity index (χ4n) is 2.02. The number of ether oxygens (including phenoxy) is 2. The molecule has 0 aromatic heterocycles. The Kier molecular flexibility index (Phi) is 5.76. The van der Waals surface area contributed by atoms with Crippen molar-refractivity contribution in [3.8, 4) is 11.5 Å². The van der Waals surface area contributed by atoms with Crippen LogP contribution in [0.4, 0.5) is 0 Å². The second-order valence-electron chi connectivity index (χ2n) is 4.44.